The molecule has 0 saturated heterocycles. The summed E-state index contributed by atoms with van der Waals surface area (Å²) in [6.45, 7) is 0.871. The van der Waals surface area contributed by atoms with Crippen molar-refractivity contribution in [2.24, 2.45) is 0 Å². The number of rotatable bonds is 7. The molecule has 0 heterocycles. The molecule has 0 unspecified atom stereocenters. The highest BCUT2D eigenvalue weighted by atomic mass is 32.2. The Balaban J connectivity index is 2.07. The van der Waals surface area contributed by atoms with Crippen LogP contribution in [0.4, 0.5) is 11.4 Å². The third-order valence-electron chi connectivity index (χ3n) is 4.11. The minimum atomic E-state index is -3.42. The van der Waals surface area contributed by atoms with Crippen molar-refractivity contribution in [3.63, 3.8) is 0 Å². The Morgan fingerprint density at radius 1 is 1.14 bits per heavy atom. The van der Waals surface area contributed by atoms with Gasteiger partial charge in [-0.05, 0) is 37.3 Å². The van der Waals surface area contributed by atoms with E-state index in [4.69, 9.17) is 4.74 Å². The van der Waals surface area contributed by atoms with Crippen molar-refractivity contribution < 1.29 is 27.7 Å². The molecule has 0 aliphatic heterocycles. The number of benzene rings is 2. The Morgan fingerprint density at radius 3 is 2.29 bits per heavy atom. The topological polar surface area (TPSA) is 124 Å². The summed E-state index contributed by atoms with van der Waals surface area (Å²) in [5.74, 6) is -1.34. The molecule has 0 spiro atoms. The number of esters is 1. The van der Waals surface area contributed by atoms with E-state index in [9.17, 15) is 28.1 Å². The van der Waals surface area contributed by atoms with Crippen LogP contribution in [-0.2, 0) is 14.8 Å². The van der Waals surface area contributed by atoms with Crippen molar-refractivity contribution in [1.29, 1.82) is 0 Å². The van der Waals surface area contributed by atoms with E-state index in [1.807, 2.05) is 0 Å². The van der Waals surface area contributed by atoms with Gasteiger partial charge in [0.15, 0.2) is 12.4 Å². The van der Waals surface area contributed by atoms with Gasteiger partial charge in [-0.15, -0.1) is 0 Å². The lowest BCUT2D eigenvalue weighted by molar-refractivity contribution is -0.385. The molecule has 2 aromatic rings. The van der Waals surface area contributed by atoms with Crippen LogP contribution in [0.15, 0.2) is 42.5 Å². The molecule has 0 aromatic heterocycles. The highest BCUT2D eigenvalue weighted by molar-refractivity contribution is 7.92. The van der Waals surface area contributed by atoms with E-state index in [-0.39, 0.29) is 22.4 Å². The van der Waals surface area contributed by atoms with Crippen molar-refractivity contribution >= 4 is 33.2 Å². The van der Waals surface area contributed by atoms with Crippen LogP contribution in [0, 0.1) is 17.0 Å². The second kappa shape index (κ2) is 8.17. The standard InChI is InChI=1S/C18H18N2O7S/c1-12-15(5-4-6-16(12)20(23)24)18(22)27-11-17(21)13-7-9-14(10-8-13)19(2)28(3,25)26/h4-10H,11H2,1-3H3. The number of nitrogens with zero attached hydrogens (tertiary/aromatic N) is 2. The molecule has 0 aliphatic carbocycles. The van der Waals surface area contributed by atoms with Crippen LogP contribution in [0.5, 0.6) is 0 Å². The molecule has 2 rings (SSSR count). The summed E-state index contributed by atoms with van der Waals surface area (Å²) in [5.41, 5.74) is 0.550. The van der Waals surface area contributed by atoms with Crippen LogP contribution in [-0.4, -0.2) is 45.0 Å². The van der Waals surface area contributed by atoms with E-state index in [2.05, 4.69) is 0 Å². The first-order valence-corrected chi connectivity index (χ1v) is 9.85. The minimum absolute atomic E-state index is 0.00660. The van der Waals surface area contributed by atoms with E-state index in [1.165, 1.54) is 56.4 Å². The molecule has 0 radical (unpaired) electrons. The Labute approximate surface area is 161 Å². The molecular weight excluding hydrogens is 388 g/mol. The predicted molar refractivity (Wildman–Crippen MR) is 102 cm³/mol. The number of anilines is 1. The van der Waals surface area contributed by atoms with Gasteiger partial charge in [0.25, 0.3) is 5.69 Å². The van der Waals surface area contributed by atoms with Crippen LogP contribution >= 0.6 is 0 Å². The molecule has 0 atom stereocenters. The fourth-order valence-corrected chi connectivity index (χ4v) is 2.89. The van der Waals surface area contributed by atoms with Gasteiger partial charge in [-0.1, -0.05) is 6.07 Å². The summed E-state index contributed by atoms with van der Waals surface area (Å²) in [5, 5.41) is 10.9. The van der Waals surface area contributed by atoms with E-state index < -0.39 is 33.3 Å². The molecule has 0 bridgehead atoms. The number of Topliss-reactive ketones (excluding diaryl/α,β-unsaturated/α-hetero) is 1. The second-order valence-electron chi connectivity index (χ2n) is 5.98. The average molecular weight is 406 g/mol. The molecule has 9 nitrogen and oxygen atoms in total. The van der Waals surface area contributed by atoms with Gasteiger partial charge < -0.3 is 4.74 Å². The molecule has 0 fully saturated rings. The second-order valence-corrected chi connectivity index (χ2v) is 8.00. The van der Waals surface area contributed by atoms with Gasteiger partial charge in [0.2, 0.25) is 10.0 Å². The van der Waals surface area contributed by atoms with Gasteiger partial charge >= 0.3 is 5.97 Å². The van der Waals surface area contributed by atoms with Crippen molar-refractivity contribution in [3.05, 3.63) is 69.3 Å². The summed E-state index contributed by atoms with van der Waals surface area (Å²) < 4.78 is 29.1. The lowest BCUT2D eigenvalue weighted by Gasteiger charge is -2.16. The van der Waals surface area contributed by atoms with Gasteiger partial charge in [0.1, 0.15) is 0 Å². The number of hydrogen-bond acceptors (Lipinski definition) is 7. The number of ether oxygens (including phenoxy) is 1. The fourth-order valence-electron chi connectivity index (χ4n) is 2.38. The zero-order valence-electron chi connectivity index (χ0n) is 15.4. The quantitative estimate of drug-likeness (QED) is 0.299. The SMILES string of the molecule is Cc1c(C(=O)OCC(=O)c2ccc(N(C)S(C)(=O)=O)cc2)cccc1[N+](=O)[O-]. The highest BCUT2D eigenvalue weighted by Crippen LogP contribution is 2.22. The number of nitro groups is 1. The van der Waals surface area contributed by atoms with Gasteiger partial charge in [-0.3, -0.25) is 19.2 Å². The average Bonchev–Trinajstić information content (AvgIpc) is 2.64. The molecule has 148 valence electrons. The largest absolute Gasteiger partial charge is 0.454 e. The van der Waals surface area contributed by atoms with E-state index in [0.717, 1.165) is 10.6 Å². The number of hydrogen-bond donors (Lipinski definition) is 0. The number of nitro benzene ring substituents is 1. The fraction of sp³-hybridized carbons (Fsp3) is 0.222. The minimum Gasteiger partial charge on any atom is -0.454 e. The summed E-state index contributed by atoms with van der Waals surface area (Å²) in [6.07, 6.45) is 1.06. The first-order valence-electron chi connectivity index (χ1n) is 8.00. The Kier molecular flexibility index (Phi) is 6.14. The third-order valence-corrected chi connectivity index (χ3v) is 5.31. The molecular formula is C18H18N2O7S. The smallest absolute Gasteiger partial charge is 0.339 e. The van der Waals surface area contributed by atoms with Gasteiger partial charge in [-0.25, -0.2) is 13.2 Å². The molecule has 10 heteroatoms. The maximum absolute atomic E-state index is 12.2. The highest BCUT2D eigenvalue weighted by Gasteiger charge is 2.20. The van der Waals surface area contributed by atoms with Crippen molar-refractivity contribution in [2.75, 3.05) is 24.2 Å². The third kappa shape index (κ3) is 4.71. The Bertz CT molecular complexity index is 1030. The summed E-state index contributed by atoms with van der Waals surface area (Å²) in [6, 6.07) is 9.77. The lowest BCUT2D eigenvalue weighted by Crippen LogP contribution is -2.24. The van der Waals surface area contributed by atoms with Crippen molar-refractivity contribution in [3.8, 4) is 0 Å². The number of carbonyl (C=O) groups is 2. The number of ketones is 1. The molecule has 0 saturated carbocycles. The van der Waals surface area contributed by atoms with Crippen LogP contribution in [0.25, 0.3) is 0 Å². The molecule has 0 amide bonds. The van der Waals surface area contributed by atoms with Crippen molar-refractivity contribution in [1.82, 2.24) is 0 Å². The molecule has 0 N–H and O–H groups in total. The molecule has 0 aliphatic rings. The maximum Gasteiger partial charge on any atom is 0.339 e. The summed E-state index contributed by atoms with van der Waals surface area (Å²) in [7, 11) is -2.04. The van der Waals surface area contributed by atoms with E-state index in [1.54, 1.807) is 0 Å². The predicted octanol–water partition coefficient (Wildman–Crippen LogP) is 2.34. The van der Waals surface area contributed by atoms with Crippen LogP contribution in [0.3, 0.4) is 0 Å². The van der Waals surface area contributed by atoms with E-state index in [0.29, 0.717) is 5.69 Å². The number of carbonyl (C=O) groups excluding carboxylic acids is 2. The van der Waals surface area contributed by atoms with Crippen LogP contribution in [0.1, 0.15) is 26.3 Å². The van der Waals surface area contributed by atoms with Crippen LogP contribution < -0.4 is 4.31 Å². The monoisotopic (exact) mass is 406 g/mol. The maximum atomic E-state index is 12.2. The zero-order chi connectivity index (χ0) is 21.1. The normalized spacial score (nSPS) is 11.0. The zero-order valence-corrected chi connectivity index (χ0v) is 16.2. The molecule has 2 aromatic carbocycles. The van der Waals surface area contributed by atoms with Crippen LogP contribution in [0.2, 0.25) is 0 Å². The van der Waals surface area contributed by atoms with Gasteiger partial charge in [0, 0.05) is 24.2 Å². The Morgan fingerprint density at radius 2 is 1.75 bits per heavy atom. The summed E-state index contributed by atoms with van der Waals surface area (Å²) >= 11 is 0. The Hall–Kier alpha value is -3.27. The van der Waals surface area contributed by atoms with E-state index >= 15 is 0 Å². The molecule has 28 heavy (non-hydrogen) atoms. The van der Waals surface area contributed by atoms with Gasteiger partial charge in [0.05, 0.1) is 22.4 Å². The lowest BCUT2D eigenvalue weighted by atomic mass is 10.1. The summed E-state index contributed by atoms with van der Waals surface area (Å²) in [4.78, 5) is 34.7. The van der Waals surface area contributed by atoms with Crippen molar-refractivity contribution in [2.45, 2.75) is 6.92 Å². The first kappa shape index (κ1) is 21.0. The van der Waals surface area contributed by atoms with Gasteiger partial charge in [-0.2, -0.15) is 0 Å². The first-order chi connectivity index (χ1) is 13.0. The number of sulfonamides is 1.